The van der Waals surface area contributed by atoms with Gasteiger partial charge in [-0.15, -0.1) is 11.3 Å². The maximum Gasteiger partial charge on any atom is 0.283 e. The summed E-state index contributed by atoms with van der Waals surface area (Å²) < 4.78 is 0. The van der Waals surface area contributed by atoms with Crippen LogP contribution in [0.25, 0.3) is 0 Å². The first-order valence-electron chi connectivity index (χ1n) is 11.7. The fourth-order valence-corrected chi connectivity index (χ4v) is 5.94. The minimum absolute atomic E-state index is 0.0165. The van der Waals surface area contributed by atoms with Gasteiger partial charge < -0.3 is 20.9 Å². The molecule has 2 aromatic rings. The SMILES string of the molecule is CN1Cc2nc(C(=O)N[C@@H]3C[C@@H](C(=O)N(C)C)CC[C@@H]3NC(=S)C(=O)Nc3ccc(Cl)cc3)sc2C1. The molecule has 12 heteroatoms. The summed E-state index contributed by atoms with van der Waals surface area (Å²) in [6, 6.07) is 6.02. The van der Waals surface area contributed by atoms with E-state index in [4.69, 9.17) is 23.8 Å². The summed E-state index contributed by atoms with van der Waals surface area (Å²) in [4.78, 5) is 47.8. The molecule has 1 fully saturated rings. The molecule has 4 rings (SSSR count). The van der Waals surface area contributed by atoms with Crippen molar-refractivity contribution >= 4 is 63.6 Å². The monoisotopic (exact) mass is 548 g/mol. The number of benzene rings is 1. The number of thiazole rings is 1. The molecule has 9 nitrogen and oxygen atoms in total. The van der Waals surface area contributed by atoms with Crippen LogP contribution in [0.1, 0.15) is 39.6 Å². The summed E-state index contributed by atoms with van der Waals surface area (Å²) >= 11 is 12.7. The Labute approximate surface area is 224 Å². The Morgan fingerprint density at radius 2 is 1.83 bits per heavy atom. The van der Waals surface area contributed by atoms with Gasteiger partial charge in [-0.05, 0) is 50.6 Å². The molecule has 2 heterocycles. The highest BCUT2D eigenvalue weighted by molar-refractivity contribution is 7.82. The summed E-state index contributed by atoms with van der Waals surface area (Å²) in [5.74, 6) is -0.936. The smallest absolute Gasteiger partial charge is 0.283 e. The molecule has 2 aliphatic rings. The van der Waals surface area contributed by atoms with Crippen molar-refractivity contribution in [3.63, 3.8) is 0 Å². The Balaban J connectivity index is 1.44. The van der Waals surface area contributed by atoms with Crippen molar-refractivity contribution < 1.29 is 14.4 Å². The van der Waals surface area contributed by atoms with Crippen LogP contribution in [0.3, 0.4) is 0 Å². The fraction of sp³-hybridized carbons (Fsp3) is 0.458. The quantitative estimate of drug-likeness (QED) is 0.493. The predicted molar refractivity (Wildman–Crippen MR) is 144 cm³/mol. The highest BCUT2D eigenvalue weighted by Crippen LogP contribution is 2.29. The summed E-state index contributed by atoms with van der Waals surface area (Å²) in [6.07, 6.45) is 1.64. The first-order valence-corrected chi connectivity index (χ1v) is 13.3. The van der Waals surface area contributed by atoms with Crippen LogP contribution in [0.5, 0.6) is 0 Å². The zero-order chi connectivity index (χ0) is 26.0. The molecule has 0 radical (unpaired) electrons. The van der Waals surface area contributed by atoms with Crippen molar-refractivity contribution in [2.75, 3.05) is 26.5 Å². The van der Waals surface area contributed by atoms with Gasteiger partial charge >= 0.3 is 0 Å². The molecule has 1 aromatic heterocycles. The third-order valence-corrected chi connectivity index (χ3v) is 8.02. The molecule has 1 aliphatic carbocycles. The normalized spacial score (nSPS) is 21.4. The average molecular weight is 549 g/mol. The molecule has 1 aliphatic heterocycles. The van der Waals surface area contributed by atoms with Gasteiger partial charge in [-0.25, -0.2) is 4.98 Å². The number of hydrogen-bond acceptors (Lipinski definition) is 7. The van der Waals surface area contributed by atoms with E-state index in [0.29, 0.717) is 35.0 Å². The third kappa shape index (κ3) is 6.20. The molecule has 36 heavy (non-hydrogen) atoms. The minimum atomic E-state index is -0.454. The van der Waals surface area contributed by atoms with Gasteiger partial charge in [-0.1, -0.05) is 23.8 Å². The second kappa shape index (κ2) is 11.2. The van der Waals surface area contributed by atoms with Crippen LogP contribution in [-0.2, 0) is 22.7 Å². The van der Waals surface area contributed by atoms with Crippen molar-refractivity contribution in [1.29, 1.82) is 0 Å². The lowest BCUT2D eigenvalue weighted by atomic mass is 9.81. The van der Waals surface area contributed by atoms with Crippen molar-refractivity contribution in [3.05, 3.63) is 44.9 Å². The van der Waals surface area contributed by atoms with Crippen LogP contribution in [0.15, 0.2) is 24.3 Å². The van der Waals surface area contributed by atoms with E-state index in [1.807, 2.05) is 7.05 Å². The number of nitrogens with zero attached hydrogens (tertiary/aromatic N) is 3. The molecule has 3 amide bonds. The highest BCUT2D eigenvalue weighted by atomic mass is 35.5. The average Bonchev–Trinajstić information content (AvgIpc) is 3.38. The Morgan fingerprint density at radius 1 is 1.11 bits per heavy atom. The number of hydrogen-bond donors (Lipinski definition) is 3. The van der Waals surface area contributed by atoms with Crippen LogP contribution in [0.4, 0.5) is 5.69 Å². The van der Waals surface area contributed by atoms with E-state index in [2.05, 4.69) is 25.8 Å². The largest absolute Gasteiger partial charge is 0.367 e. The molecule has 3 N–H and O–H groups in total. The van der Waals surface area contributed by atoms with Crippen molar-refractivity contribution in [3.8, 4) is 0 Å². The predicted octanol–water partition coefficient (Wildman–Crippen LogP) is 2.65. The first-order chi connectivity index (χ1) is 17.1. The van der Waals surface area contributed by atoms with Gasteiger partial charge in [0.25, 0.3) is 11.8 Å². The van der Waals surface area contributed by atoms with Crippen LogP contribution < -0.4 is 16.0 Å². The highest BCUT2D eigenvalue weighted by Gasteiger charge is 2.37. The topological polar surface area (TPSA) is 107 Å². The summed E-state index contributed by atoms with van der Waals surface area (Å²) in [6.45, 7) is 1.51. The van der Waals surface area contributed by atoms with Crippen molar-refractivity contribution in [2.24, 2.45) is 5.92 Å². The van der Waals surface area contributed by atoms with E-state index in [-0.39, 0.29) is 28.8 Å². The van der Waals surface area contributed by atoms with Gasteiger partial charge in [0, 0.05) is 54.7 Å². The van der Waals surface area contributed by atoms with E-state index in [0.717, 1.165) is 23.7 Å². The van der Waals surface area contributed by atoms with Crippen LogP contribution in [0.2, 0.25) is 5.02 Å². The van der Waals surface area contributed by atoms with Crippen LogP contribution in [-0.4, -0.2) is 70.7 Å². The molecule has 0 bridgehead atoms. The summed E-state index contributed by atoms with van der Waals surface area (Å²) in [5, 5.41) is 9.91. The van der Waals surface area contributed by atoms with Gasteiger partial charge in [0.05, 0.1) is 11.7 Å². The summed E-state index contributed by atoms with van der Waals surface area (Å²) in [5.41, 5.74) is 1.51. The standard InChI is InChI=1S/C24H29ClN6O3S2/c1-30(2)24(34)13-4-9-16(28-22(35)20(32)26-15-7-5-14(25)6-8-15)17(10-13)27-21(33)23-29-18-11-31(3)12-19(18)36-23/h5-8,13,16-17H,4,9-12H2,1-3H3,(H,26,32)(H,27,33)(H,28,35)/t13-,16-,17+/m0/s1. The maximum absolute atomic E-state index is 13.1. The van der Waals surface area contributed by atoms with Crippen molar-refractivity contribution in [2.45, 2.75) is 44.4 Å². The Hall–Kier alpha value is -2.60. The van der Waals surface area contributed by atoms with E-state index in [9.17, 15) is 14.4 Å². The molecule has 0 unspecified atom stereocenters. The van der Waals surface area contributed by atoms with E-state index in [1.165, 1.54) is 11.3 Å². The lowest BCUT2D eigenvalue weighted by molar-refractivity contribution is -0.134. The van der Waals surface area contributed by atoms with E-state index in [1.54, 1.807) is 43.3 Å². The Morgan fingerprint density at radius 3 is 2.50 bits per heavy atom. The Kier molecular flexibility index (Phi) is 8.23. The third-order valence-electron chi connectivity index (χ3n) is 6.39. The molecule has 3 atom stereocenters. The van der Waals surface area contributed by atoms with Gasteiger partial charge in [0.15, 0.2) is 10.00 Å². The Bertz CT molecular complexity index is 1150. The number of carbonyl (C=O) groups is 3. The van der Waals surface area contributed by atoms with E-state index >= 15 is 0 Å². The van der Waals surface area contributed by atoms with E-state index < -0.39 is 11.9 Å². The molecule has 1 saturated carbocycles. The number of thiocarbonyl (C=S) groups is 1. The number of anilines is 1. The number of rotatable bonds is 5. The van der Waals surface area contributed by atoms with Gasteiger partial charge in [0.2, 0.25) is 5.91 Å². The molecular weight excluding hydrogens is 520 g/mol. The maximum atomic E-state index is 13.1. The lowest BCUT2D eigenvalue weighted by Crippen LogP contribution is -2.56. The molecular formula is C24H29ClN6O3S2. The zero-order valence-electron chi connectivity index (χ0n) is 20.3. The van der Waals surface area contributed by atoms with Crippen LogP contribution in [0, 0.1) is 5.92 Å². The van der Waals surface area contributed by atoms with Crippen molar-refractivity contribution in [1.82, 2.24) is 25.4 Å². The first kappa shape index (κ1) is 26.5. The zero-order valence-corrected chi connectivity index (χ0v) is 22.7. The molecule has 0 saturated heterocycles. The molecule has 1 aromatic carbocycles. The number of nitrogens with one attached hydrogen (secondary N) is 3. The second-order valence-electron chi connectivity index (χ2n) is 9.42. The number of amides is 3. The lowest BCUT2D eigenvalue weighted by Gasteiger charge is -2.37. The minimum Gasteiger partial charge on any atom is -0.367 e. The fourth-order valence-electron chi connectivity index (χ4n) is 4.56. The second-order valence-corrected chi connectivity index (χ2v) is 11.4. The molecule has 192 valence electrons. The van der Waals surface area contributed by atoms with Crippen LogP contribution >= 0.6 is 35.2 Å². The van der Waals surface area contributed by atoms with Gasteiger partial charge in [0.1, 0.15) is 0 Å². The van der Waals surface area contributed by atoms with Gasteiger partial charge in [-0.2, -0.15) is 0 Å². The number of fused-ring (bicyclic) bond motifs is 1. The molecule has 0 spiro atoms. The van der Waals surface area contributed by atoms with Gasteiger partial charge in [-0.3, -0.25) is 19.3 Å². The summed E-state index contributed by atoms with van der Waals surface area (Å²) in [7, 11) is 5.47. The number of halogens is 1. The number of aromatic nitrogens is 1. The number of carbonyl (C=O) groups excluding carboxylic acids is 3.